The van der Waals surface area contributed by atoms with Gasteiger partial charge in [0.1, 0.15) is 5.75 Å². The van der Waals surface area contributed by atoms with Gasteiger partial charge in [0.25, 0.3) is 0 Å². The molecule has 0 bridgehead atoms. The second kappa shape index (κ2) is 6.14. The fraction of sp³-hybridized carbons (Fsp3) is 0.500. The van der Waals surface area contributed by atoms with Crippen molar-refractivity contribution in [2.45, 2.75) is 30.7 Å². The molecule has 0 radical (unpaired) electrons. The van der Waals surface area contributed by atoms with Gasteiger partial charge in [0.15, 0.2) is 0 Å². The lowest BCUT2D eigenvalue weighted by Crippen LogP contribution is -2.35. The third-order valence-electron chi connectivity index (χ3n) is 3.15. The van der Waals surface area contributed by atoms with E-state index in [4.69, 9.17) is 4.74 Å². The van der Waals surface area contributed by atoms with E-state index in [0.717, 1.165) is 10.6 Å². The molecule has 0 saturated heterocycles. The molecule has 1 fully saturated rings. The van der Waals surface area contributed by atoms with Crippen LogP contribution in [-0.4, -0.2) is 24.8 Å². The summed E-state index contributed by atoms with van der Waals surface area (Å²) < 4.78 is 5.25. The van der Waals surface area contributed by atoms with E-state index < -0.39 is 0 Å². The first-order valence-electron chi connectivity index (χ1n) is 6.26. The first kappa shape index (κ1) is 13.3. The van der Waals surface area contributed by atoms with Crippen LogP contribution in [0.3, 0.4) is 0 Å². The van der Waals surface area contributed by atoms with E-state index >= 15 is 0 Å². The number of methoxy groups -OCH3 is 1. The van der Waals surface area contributed by atoms with Crippen molar-refractivity contribution in [1.29, 1.82) is 0 Å². The Balaban J connectivity index is 1.81. The molecule has 1 aliphatic carbocycles. The molecule has 2 rings (SSSR count). The molecular formula is C14H19NO2S. The highest BCUT2D eigenvalue weighted by atomic mass is 32.2. The van der Waals surface area contributed by atoms with Gasteiger partial charge in [-0.05, 0) is 37.8 Å². The van der Waals surface area contributed by atoms with Crippen LogP contribution in [0.4, 0.5) is 0 Å². The van der Waals surface area contributed by atoms with E-state index in [9.17, 15) is 4.79 Å². The minimum atomic E-state index is 0.102. The highest BCUT2D eigenvalue weighted by molar-refractivity contribution is 8.00. The summed E-state index contributed by atoms with van der Waals surface area (Å²) in [6, 6.07) is 8.08. The van der Waals surface area contributed by atoms with Crippen molar-refractivity contribution in [2.24, 2.45) is 5.92 Å². The Labute approximate surface area is 112 Å². The molecule has 1 atom stereocenters. The summed E-state index contributed by atoms with van der Waals surface area (Å²) in [5.74, 6) is 2.07. The van der Waals surface area contributed by atoms with E-state index in [-0.39, 0.29) is 5.91 Å². The quantitative estimate of drug-likeness (QED) is 0.804. The summed E-state index contributed by atoms with van der Waals surface area (Å²) >= 11 is 1.52. The molecule has 1 N–H and O–H groups in total. The van der Waals surface area contributed by atoms with Crippen molar-refractivity contribution in [2.75, 3.05) is 12.9 Å². The largest absolute Gasteiger partial charge is 0.496 e. The topological polar surface area (TPSA) is 38.3 Å². The fourth-order valence-corrected chi connectivity index (χ4v) is 2.73. The lowest BCUT2D eigenvalue weighted by atomic mass is 10.2. The van der Waals surface area contributed by atoms with Gasteiger partial charge in [-0.1, -0.05) is 12.1 Å². The maximum atomic E-state index is 11.8. The van der Waals surface area contributed by atoms with Crippen LogP contribution in [0.25, 0.3) is 0 Å². The van der Waals surface area contributed by atoms with Crippen molar-refractivity contribution in [3.63, 3.8) is 0 Å². The molecule has 1 saturated carbocycles. The van der Waals surface area contributed by atoms with Gasteiger partial charge in [-0.15, -0.1) is 11.8 Å². The SMILES string of the molecule is COc1ccccc1SCC(=O)NC(C)C1CC1. The van der Waals surface area contributed by atoms with Gasteiger partial charge in [-0.25, -0.2) is 0 Å². The second-order valence-corrected chi connectivity index (χ2v) is 5.65. The van der Waals surface area contributed by atoms with Crippen LogP contribution in [0.15, 0.2) is 29.2 Å². The number of ether oxygens (including phenoxy) is 1. The molecule has 98 valence electrons. The smallest absolute Gasteiger partial charge is 0.230 e. The van der Waals surface area contributed by atoms with Gasteiger partial charge in [-0.2, -0.15) is 0 Å². The Morgan fingerprint density at radius 1 is 1.50 bits per heavy atom. The summed E-state index contributed by atoms with van der Waals surface area (Å²) in [6.45, 7) is 2.09. The number of hydrogen-bond donors (Lipinski definition) is 1. The minimum absolute atomic E-state index is 0.102. The average Bonchev–Trinajstić information content (AvgIpc) is 3.21. The normalized spacial score (nSPS) is 16.1. The van der Waals surface area contributed by atoms with Crippen LogP contribution in [-0.2, 0) is 4.79 Å². The molecule has 1 aliphatic rings. The summed E-state index contributed by atoms with van der Waals surface area (Å²) in [7, 11) is 1.65. The van der Waals surface area contributed by atoms with Crippen LogP contribution >= 0.6 is 11.8 Å². The van der Waals surface area contributed by atoms with Crippen LogP contribution in [0.5, 0.6) is 5.75 Å². The Kier molecular flexibility index (Phi) is 4.53. The van der Waals surface area contributed by atoms with Crippen molar-refractivity contribution < 1.29 is 9.53 Å². The van der Waals surface area contributed by atoms with Crippen molar-refractivity contribution in [1.82, 2.24) is 5.32 Å². The standard InChI is InChI=1S/C14H19NO2S/c1-10(11-7-8-11)15-14(16)9-18-13-6-4-3-5-12(13)17-2/h3-6,10-11H,7-9H2,1-2H3,(H,15,16). The first-order valence-corrected chi connectivity index (χ1v) is 7.24. The van der Waals surface area contributed by atoms with Gasteiger partial charge in [-0.3, -0.25) is 4.79 Å². The van der Waals surface area contributed by atoms with Crippen LogP contribution in [0.2, 0.25) is 0 Å². The summed E-state index contributed by atoms with van der Waals surface area (Å²) in [4.78, 5) is 12.8. The number of thioether (sulfide) groups is 1. The van der Waals surface area contributed by atoms with Gasteiger partial charge in [0, 0.05) is 10.9 Å². The first-order chi connectivity index (χ1) is 8.70. The fourth-order valence-electron chi connectivity index (χ4n) is 1.89. The molecular weight excluding hydrogens is 246 g/mol. The summed E-state index contributed by atoms with van der Waals surface area (Å²) in [5, 5.41) is 3.05. The zero-order chi connectivity index (χ0) is 13.0. The molecule has 18 heavy (non-hydrogen) atoms. The molecule has 0 aromatic heterocycles. The lowest BCUT2D eigenvalue weighted by Gasteiger charge is -2.13. The molecule has 1 unspecified atom stereocenters. The Hall–Kier alpha value is -1.16. The molecule has 1 aromatic rings. The van der Waals surface area contributed by atoms with E-state index in [0.29, 0.717) is 17.7 Å². The predicted molar refractivity (Wildman–Crippen MR) is 74.0 cm³/mol. The third-order valence-corrected chi connectivity index (χ3v) is 4.20. The van der Waals surface area contributed by atoms with Crippen molar-refractivity contribution in [3.05, 3.63) is 24.3 Å². The zero-order valence-electron chi connectivity index (χ0n) is 10.8. The summed E-state index contributed by atoms with van der Waals surface area (Å²) in [6.07, 6.45) is 2.50. The second-order valence-electron chi connectivity index (χ2n) is 4.63. The van der Waals surface area contributed by atoms with Crippen LogP contribution < -0.4 is 10.1 Å². The zero-order valence-corrected chi connectivity index (χ0v) is 11.6. The Morgan fingerprint density at radius 2 is 2.22 bits per heavy atom. The predicted octanol–water partition coefficient (Wildman–Crippen LogP) is 2.70. The van der Waals surface area contributed by atoms with Crippen LogP contribution in [0.1, 0.15) is 19.8 Å². The highest BCUT2D eigenvalue weighted by Gasteiger charge is 2.28. The lowest BCUT2D eigenvalue weighted by molar-refractivity contribution is -0.119. The highest BCUT2D eigenvalue weighted by Crippen LogP contribution is 2.32. The van der Waals surface area contributed by atoms with Crippen LogP contribution in [0, 0.1) is 5.92 Å². The molecule has 1 aromatic carbocycles. The number of carbonyl (C=O) groups excluding carboxylic acids is 1. The van der Waals surface area contributed by atoms with E-state index in [1.807, 2.05) is 24.3 Å². The number of para-hydroxylation sites is 1. The number of hydrogen-bond acceptors (Lipinski definition) is 3. The Bertz CT molecular complexity index is 418. The van der Waals surface area contributed by atoms with E-state index in [2.05, 4.69) is 12.2 Å². The van der Waals surface area contributed by atoms with Crippen molar-refractivity contribution >= 4 is 17.7 Å². The van der Waals surface area contributed by atoms with E-state index in [1.54, 1.807) is 7.11 Å². The maximum Gasteiger partial charge on any atom is 0.230 e. The molecule has 0 spiro atoms. The maximum absolute atomic E-state index is 11.8. The molecule has 1 amide bonds. The van der Waals surface area contributed by atoms with E-state index in [1.165, 1.54) is 24.6 Å². The number of benzene rings is 1. The third kappa shape index (κ3) is 3.67. The van der Waals surface area contributed by atoms with Gasteiger partial charge in [0.2, 0.25) is 5.91 Å². The number of rotatable bonds is 6. The number of amides is 1. The van der Waals surface area contributed by atoms with Gasteiger partial charge in [0.05, 0.1) is 12.9 Å². The molecule has 0 heterocycles. The minimum Gasteiger partial charge on any atom is -0.496 e. The molecule has 4 heteroatoms. The molecule has 0 aliphatic heterocycles. The molecule has 3 nitrogen and oxygen atoms in total. The Morgan fingerprint density at radius 3 is 2.89 bits per heavy atom. The number of nitrogens with one attached hydrogen (secondary N) is 1. The van der Waals surface area contributed by atoms with Crippen molar-refractivity contribution in [3.8, 4) is 5.75 Å². The van der Waals surface area contributed by atoms with Gasteiger partial charge < -0.3 is 10.1 Å². The summed E-state index contributed by atoms with van der Waals surface area (Å²) in [5.41, 5.74) is 0. The average molecular weight is 265 g/mol. The van der Waals surface area contributed by atoms with Gasteiger partial charge >= 0.3 is 0 Å². The monoisotopic (exact) mass is 265 g/mol. The number of carbonyl (C=O) groups is 1.